The molecule has 2 rings (SSSR count). The van der Waals surface area contributed by atoms with Crippen LogP contribution in [0.2, 0.25) is 10.0 Å². The number of halogens is 2. The van der Waals surface area contributed by atoms with Crippen LogP contribution in [0.5, 0.6) is 0 Å². The first-order valence-electron chi connectivity index (χ1n) is 8.22. The highest BCUT2D eigenvalue weighted by atomic mass is 35.5. The number of rotatable bonds is 6. The van der Waals surface area contributed by atoms with E-state index in [0.717, 1.165) is 5.56 Å². The molecule has 7 nitrogen and oxygen atoms in total. The normalized spacial score (nSPS) is 20.5. The fourth-order valence-electron chi connectivity index (χ4n) is 2.93. The second-order valence-electron chi connectivity index (χ2n) is 5.99. The van der Waals surface area contributed by atoms with E-state index in [9.17, 15) is 14.7 Å². The molecule has 1 aromatic carbocycles. The minimum Gasteiger partial charge on any atom is -0.465 e. The zero-order valence-corrected chi connectivity index (χ0v) is 15.9. The number of carbonyl (C=O) groups excluding carboxylic acids is 1. The fraction of sp³-hybridized carbons (Fsp3) is 0.529. The summed E-state index contributed by atoms with van der Waals surface area (Å²) in [5.74, 6) is -0.429. The third-order valence-corrected chi connectivity index (χ3v) is 4.97. The molecule has 2 unspecified atom stereocenters. The first-order chi connectivity index (χ1) is 12.4. The second kappa shape index (κ2) is 9.97. The molecule has 26 heavy (non-hydrogen) atoms. The maximum Gasteiger partial charge on any atom is 0.407 e. The third kappa shape index (κ3) is 5.74. The molecule has 0 radical (unpaired) electrons. The number of methoxy groups -OCH3 is 1. The Balaban J connectivity index is 2.14. The van der Waals surface area contributed by atoms with E-state index in [1.165, 1.54) is 12.0 Å². The third-order valence-electron chi connectivity index (χ3n) is 4.23. The summed E-state index contributed by atoms with van der Waals surface area (Å²) >= 11 is 12.1. The molecule has 1 heterocycles. The van der Waals surface area contributed by atoms with Crippen LogP contribution in [0.25, 0.3) is 0 Å². The maximum atomic E-state index is 11.5. The summed E-state index contributed by atoms with van der Waals surface area (Å²) in [4.78, 5) is 24.3. The molecule has 0 aliphatic carbocycles. The van der Waals surface area contributed by atoms with Crippen LogP contribution < -0.4 is 5.32 Å². The summed E-state index contributed by atoms with van der Waals surface area (Å²) in [6, 6.07) is 5.25. The van der Waals surface area contributed by atoms with Gasteiger partial charge >= 0.3 is 6.09 Å². The van der Waals surface area contributed by atoms with Crippen molar-refractivity contribution in [2.24, 2.45) is 0 Å². The molecule has 1 saturated heterocycles. The molecule has 0 bridgehead atoms. The zero-order valence-electron chi connectivity index (χ0n) is 14.4. The topological polar surface area (TPSA) is 88.1 Å². The van der Waals surface area contributed by atoms with E-state index in [2.05, 4.69) is 5.32 Å². The van der Waals surface area contributed by atoms with E-state index < -0.39 is 6.09 Å². The molecule has 1 aliphatic rings. The van der Waals surface area contributed by atoms with Crippen molar-refractivity contribution in [1.29, 1.82) is 0 Å². The Bertz CT molecular complexity index is 644. The number of benzene rings is 1. The molecule has 0 spiro atoms. The monoisotopic (exact) mass is 404 g/mol. The summed E-state index contributed by atoms with van der Waals surface area (Å²) in [5.41, 5.74) is 0.848. The number of carbonyl (C=O) groups is 2. The van der Waals surface area contributed by atoms with Crippen LogP contribution in [0.4, 0.5) is 4.79 Å². The van der Waals surface area contributed by atoms with Crippen molar-refractivity contribution < 1.29 is 24.2 Å². The summed E-state index contributed by atoms with van der Waals surface area (Å²) in [7, 11) is 1.45. The fourth-order valence-corrected chi connectivity index (χ4v) is 3.24. The van der Waals surface area contributed by atoms with Gasteiger partial charge in [0.1, 0.15) is 6.61 Å². The molecule has 1 aliphatic heterocycles. The number of amides is 2. The lowest BCUT2D eigenvalue weighted by Gasteiger charge is -2.27. The Hall–Kier alpha value is -1.54. The van der Waals surface area contributed by atoms with Crippen LogP contribution >= 0.6 is 23.2 Å². The van der Waals surface area contributed by atoms with Gasteiger partial charge in [0.15, 0.2) is 0 Å². The Morgan fingerprint density at radius 2 is 2.15 bits per heavy atom. The number of hydrogen-bond acceptors (Lipinski definition) is 4. The van der Waals surface area contributed by atoms with Crippen LogP contribution in [-0.2, 0) is 14.3 Å². The molecule has 9 heteroatoms. The summed E-state index contributed by atoms with van der Waals surface area (Å²) in [5, 5.41) is 13.0. The van der Waals surface area contributed by atoms with Gasteiger partial charge in [0, 0.05) is 32.7 Å². The Morgan fingerprint density at radius 1 is 1.38 bits per heavy atom. The lowest BCUT2D eigenvalue weighted by Crippen LogP contribution is -2.36. The molecular formula is C17H22Cl2N2O5. The Labute approximate surface area is 162 Å². The Morgan fingerprint density at radius 3 is 2.81 bits per heavy atom. The average Bonchev–Trinajstić information content (AvgIpc) is 2.80. The predicted octanol–water partition coefficient (Wildman–Crippen LogP) is 2.61. The van der Waals surface area contributed by atoms with Gasteiger partial charge in [-0.3, -0.25) is 4.79 Å². The van der Waals surface area contributed by atoms with Gasteiger partial charge in [-0.25, -0.2) is 4.79 Å². The van der Waals surface area contributed by atoms with Crippen LogP contribution in [0.15, 0.2) is 18.2 Å². The highest BCUT2D eigenvalue weighted by molar-refractivity contribution is 6.42. The minimum atomic E-state index is -0.993. The maximum absolute atomic E-state index is 11.5. The smallest absolute Gasteiger partial charge is 0.407 e. The van der Waals surface area contributed by atoms with Crippen LogP contribution in [0, 0.1) is 0 Å². The second-order valence-corrected chi connectivity index (χ2v) is 6.80. The number of ether oxygens (including phenoxy) is 2. The number of hydrogen-bond donors (Lipinski definition) is 2. The van der Waals surface area contributed by atoms with Crippen molar-refractivity contribution in [3.8, 4) is 0 Å². The van der Waals surface area contributed by atoms with Gasteiger partial charge in [-0.2, -0.15) is 0 Å². The number of nitrogens with one attached hydrogen (secondary N) is 1. The largest absolute Gasteiger partial charge is 0.465 e. The van der Waals surface area contributed by atoms with Crippen molar-refractivity contribution in [1.82, 2.24) is 10.2 Å². The van der Waals surface area contributed by atoms with E-state index in [1.54, 1.807) is 12.1 Å². The zero-order chi connectivity index (χ0) is 19.1. The highest BCUT2D eigenvalue weighted by Gasteiger charge is 2.31. The van der Waals surface area contributed by atoms with Gasteiger partial charge < -0.3 is 24.8 Å². The summed E-state index contributed by atoms with van der Waals surface area (Å²) < 4.78 is 10.7. The van der Waals surface area contributed by atoms with Crippen LogP contribution in [0.3, 0.4) is 0 Å². The van der Waals surface area contributed by atoms with Crippen molar-refractivity contribution in [3.05, 3.63) is 33.8 Å². The van der Waals surface area contributed by atoms with Gasteiger partial charge in [-0.05, 0) is 24.1 Å². The number of nitrogens with zero attached hydrogens (tertiary/aromatic N) is 1. The molecule has 1 aromatic rings. The molecule has 2 atom stereocenters. The van der Waals surface area contributed by atoms with E-state index >= 15 is 0 Å². The SMILES string of the molecule is COCC(=O)NCCC1OCCN(C(=O)O)CC1c1ccc(Cl)c(Cl)c1. The van der Waals surface area contributed by atoms with Crippen molar-refractivity contribution in [3.63, 3.8) is 0 Å². The minimum absolute atomic E-state index is 0.00542. The molecule has 2 N–H and O–H groups in total. The van der Waals surface area contributed by atoms with Crippen LogP contribution in [0.1, 0.15) is 17.9 Å². The summed E-state index contributed by atoms with van der Waals surface area (Å²) in [6.45, 7) is 1.26. The predicted molar refractivity (Wildman–Crippen MR) is 98.0 cm³/mol. The number of carboxylic acid groups (broad SMARTS) is 1. The first kappa shape index (κ1) is 20.8. The van der Waals surface area contributed by atoms with E-state index in [0.29, 0.717) is 36.2 Å². The molecule has 1 fully saturated rings. The Kier molecular flexibility index (Phi) is 7.96. The molecule has 2 amide bonds. The quantitative estimate of drug-likeness (QED) is 0.760. The highest BCUT2D eigenvalue weighted by Crippen LogP contribution is 2.32. The average molecular weight is 405 g/mol. The van der Waals surface area contributed by atoms with E-state index in [1.807, 2.05) is 6.07 Å². The molecule has 144 valence electrons. The molecule has 0 aromatic heterocycles. The lowest BCUT2D eigenvalue weighted by molar-refractivity contribution is -0.124. The van der Waals surface area contributed by atoms with Crippen molar-refractivity contribution >= 4 is 35.2 Å². The first-order valence-corrected chi connectivity index (χ1v) is 8.98. The molecule has 0 saturated carbocycles. The van der Waals surface area contributed by atoms with Crippen molar-refractivity contribution in [2.75, 3.05) is 40.0 Å². The van der Waals surface area contributed by atoms with Gasteiger partial charge in [0.2, 0.25) is 5.91 Å². The van der Waals surface area contributed by atoms with Gasteiger partial charge in [0.25, 0.3) is 0 Å². The standard InChI is InChI=1S/C17H22Cl2N2O5/c1-25-10-16(22)20-5-4-15-12(9-21(17(23)24)6-7-26-15)11-2-3-13(18)14(19)8-11/h2-3,8,12,15H,4-7,9-10H2,1H3,(H,20,22)(H,23,24). The molecular weight excluding hydrogens is 383 g/mol. The van der Waals surface area contributed by atoms with Gasteiger partial charge in [-0.15, -0.1) is 0 Å². The van der Waals surface area contributed by atoms with Crippen LogP contribution in [-0.4, -0.2) is 68.1 Å². The van der Waals surface area contributed by atoms with E-state index in [4.69, 9.17) is 32.7 Å². The van der Waals surface area contributed by atoms with Gasteiger partial charge in [0.05, 0.1) is 22.8 Å². The lowest BCUT2D eigenvalue weighted by atomic mass is 9.91. The van der Waals surface area contributed by atoms with E-state index in [-0.39, 0.29) is 31.1 Å². The van der Waals surface area contributed by atoms with Gasteiger partial charge in [-0.1, -0.05) is 29.3 Å². The summed E-state index contributed by atoms with van der Waals surface area (Å²) in [6.07, 6.45) is -0.722. The van der Waals surface area contributed by atoms with Crippen molar-refractivity contribution in [2.45, 2.75) is 18.4 Å².